The number of rotatable bonds is 4. The predicted molar refractivity (Wildman–Crippen MR) is 93.2 cm³/mol. The third-order valence-corrected chi connectivity index (χ3v) is 4.76. The Morgan fingerprint density at radius 1 is 1.35 bits per heavy atom. The van der Waals surface area contributed by atoms with Gasteiger partial charge in [-0.2, -0.15) is 0 Å². The Kier molecular flexibility index (Phi) is 4.28. The standard InChI is InChI=1S/C19H20N4O3/c1-12-15(13(2)26-22-12)5-6-18(24)23-9-7-17-16(11-23)21-19(25-17)14-4-3-8-20-10-14/h3-4,8,10H,5-7,9,11H2,1-2H3. The predicted octanol–water partition coefficient (Wildman–Crippen LogP) is 2.86. The van der Waals surface area contributed by atoms with Crippen molar-refractivity contribution < 1.29 is 13.7 Å². The first-order valence-corrected chi connectivity index (χ1v) is 8.70. The molecular formula is C19H20N4O3. The molecule has 0 N–H and O–H groups in total. The molecule has 4 rings (SSSR count). The van der Waals surface area contributed by atoms with Crippen LogP contribution in [0.4, 0.5) is 0 Å². The highest BCUT2D eigenvalue weighted by molar-refractivity contribution is 5.76. The van der Waals surface area contributed by atoms with Gasteiger partial charge in [-0.3, -0.25) is 9.78 Å². The van der Waals surface area contributed by atoms with Crippen LogP contribution in [0.15, 0.2) is 33.5 Å². The van der Waals surface area contributed by atoms with E-state index in [1.54, 1.807) is 12.4 Å². The van der Waals surface area contributed by atoms with Crippen LogP contribution >= 0.6 is 0 Å². The third kappa shape index (κ3) is 3.12. The molecule has 7 heteroatoms. The molecule has 0 unspecified atom stereocenters. The average molecular weight is 352 g/mol. The van der Waals surface area contributed by atoms with E-state index in [0.717, 1.165) is 34.0 Å². The normalized spacial score (nSPS) is 13.7. The number of nitrogens with zero attached hydrogens (tertiary/aromatic N) is 4. The van der Waals surface area contributed by atoms with E-state index in [0.29, 0.717) is 38.2 Å². The fraction of sp³-hybridized carbons (Fsp3) is 0.368. The summed E-state index contributed by atoms with van der Waals surface area (Å²) in [5.74, 6) is 2.32. The van der Waals surface area contributed by atoms with Gasteiger partial charge in [0.25, 0.3) is 0 Å². The number of aromatic nitrogens is 3. The van der Waals surface area contributed by atoms with Crippen LogP contribution in [0.25, 0.3) is 11.5 Å². The molecule has 0 bridgehead atoms. The van der Waals surface area contributed by atoms with Gasteiger partial charge in [-0.25, -0.2) is 4.98 Å². The van der Waals surface area contributed by atoms with E-state index in [-0.39, 0.29) is 5.91 Å². The van der Waals surface area contributed by atoms with Crippen molar-refractivity contribution in [3.05, 3.63) is 53.0 Å². The molecule has 1 aliphatic rings. The molecule has 26 heavy (non-hydrogen) atoms. The minimum absolute atomic E-state index is 0.113. The third-order valence-electron chi connectivity index (χ3n) is 4.76. The highest BCUT2D eigenvalue weighted by Gasteiger charge is 2.26. The number of carbonyl (C=O) groups is 1. The lowest BCUT2D eigenvalue weighted by Gasteiger charge is -2.25. The number of hydrogen-bond acceptors (Lipinski definition) is 6. The Morgan fingerprint density at radius 3 is 2.96 bits per heavy atom. The van der Waals surface area contributed by atoms with Crippen LogP contribution in [0.5, 0.6) is 0 Å². The van der Waals surface area contributed by atoms with Crippen molar-refractivity contribution in [1.82, 2.24) is 20.0 Å². The molecule has 3 aromatic rings. The summed E-state index contributed by atoms with van der Waals surface area (Å²) in [6, 6.07) is 3.76. The highest BCUT2D eigenvalue weighted by Crippen LogP contribution is 2.26. The maximum Gasteiger partial charge on any atom is 0.228 e. The van der Waals surface area contributed by atoms with Crippen molar-refractivity contribution in [3.8, 4) is 11.5 Å². The number of carbonyl (C=O) groups excluding carboxylic acids is 1. The lowest BCUT2D eigenvalue weighted by Crippen LogP contribution is -2.36. The highest BCUT2D eigenvalue weighted by atomic mass is 16.5. The van der Waals surface area contributed by atoms with Crippen molar-refractivity contribution in [2.45, 2.75) is 39.7 Å². The summed E-state index contributed by atoms with van der Waals surface area (Å²) < 4.78 is 11.0. The molecule has 1 amide bonds. The fourth-order valence-corrected chi connectivity index (χ4v) is 3.27. The molecule has 3 aromatic heterocycles. The van der Waals surface area contributed by atoms with Crippen LogP contribution in [0.2, 0.25) is 0 Å². The monoisotopic (exact) mass is 352 g/mol. The van der Waals surface area contributed by atoms with E-state index in [9.17, 15) is 4.79 Å². The summed E-state index contributed by atoms with van der Waals surface area (Å²) in [5, 5.41) is 3.94. The molecule has 0 fully saturated rings. The number of fused-ring (bicyclic) bond motifs is 1. The Labute approximate surface area is 151 Å². The van der Waals surface area contributed by atoms with Gasteiger partial charge >= 0.3 is 0 Å². The van der Waals surface area contributed by atoms with Gasteiger partial charge in [0.05, 0.1) is 17.8 Å². The maximum absolute atomic E-state index is 12.6. The average Bonchev–Trinajstić information content (AvgIpc) is 3.23. The number of aryl methyl sites for hydroxylation is 2. The number of amides is 1. The van der Waals surface area contributed by atoms with Crippen molar-refractivity contribution >= 4 is 5.91 Å². The zero-order valence-electron chi connectivity index (χ0n) is 14.9. The summed E-state index contributed by atoms with van der Waals surface area (Å²) in [6.45, 7) is 4.91. The van der Waals surface area contributed by atoms with E-state index in [1.165, 1.54) is 0 Å². The number of oxazole rings is 1. The quantitative estimate of drug-likeness (QED) is 0.718. The van der Waals surface area contributed by atoms with Gasteiger partial charge in [-0.15, -0.1) is 0 Å². The SMILES string of the molecule is Cc1noc(C)c1CCC(=O)N1CCc2oc(-c3cccnc3)nc2C1. The molecule has 0 atom stereocenters. The van der Waals surface area contributed by atoms with Gasteiger partial charge in [0.2, 0.25) is 11.8 Å². The summed E-state index contributed by atoms with van der Waals surface area (Å²) >= 11 is 0. The minimum atomic E-state index is 0.113. The zero-order chi connectivity index (χ0) is 18.1. The molecular weight excluding hydrogens is 332 g/mol. The van der Waals surface area contributed by atoms with Gasteiger partial charge in [0.1, 0.15) is 17.2 Å². The fourth-order valence-electron chi connectivity index (χ4n) is 3.27. The second-order valence-electron chi connectivity index (χ2n) is 6.50. The van der Waals surface area contributed by atoms with Crippen LogP contribution in [0.3, 0.4) is 0 Å². The van der Waals surface area contributed by atoms with Crippen molar-refractivity contribution in [1.29, 1.82) is 0 Å². The first-order chi connectivity index (χ1) is 12.6. The second-order valence-corrected chi connectivity index (χ2v) is 6.50. The first kappa shape index (κ1) is 16.5. The van der Waals surface area contributed by atoms with Gasteiger partial charge in [-0.05, 0) is 32.4 Å². The number of hydrogen-bond donors (Lipinski definition) is 0. The zero-order valence-corrected chi connectivity index (χ0v) is 14.9. The van der Waals surface area contributed by atoms with Crippen LogP contribution in [-0.4, -0.2) is 32.5 Å². The van der Waals surface area contributed by atoms with E-state index in [4.69, 9.17) is 8.94 Å². The van der Waals surface area contributed by atoms with Gasteiger partial charge in [0.15, 0.2) is 0 Å². The Balaban J connectivity index is 1.43. The van der Waals surface area contributed by atoms with Crippen molar-refractivity contribution in [2.75, 3.05) is 6.54 Å². The molecule has 0 aromatic carbocycles. The van der Waals surface area contributed by atoms with Crippen LogP contribution in [0, 0.1) is 13.8 Å². The smallest absolute Gasteiger partial charge is 0.228 e. The number of pyridine rings is 1. The minimum Gasteiger partial charge on any atom is -0.441 e. The van der Waals surface area contributed by atoms with Gasteiger partial charge < -0.3 is 13.8 Å². The molecule has 0 saturated carbocycles. The lowest BCUT2D eigenvalue weighted by molar-refractivity contribution is -0.132. The van der Waals surface area contributed by atoms with Crippen LogP contribution in [0.1, 0.15) is 34.9 Å². The Hall–Kier alpha value is -2.96. The van der Waals surface area contributed by atoms with Crippen molar-refractivity contribution in [2.24, 2.45) is 0 Å². The topological polar surface area (TPSA) is 85.3 Å². The summed E-state index contributed by atoms with van der Waals surface area (Å²) in [4.78, 5) is 23.1. The van der Waals surface area contributed by atoms with Gasteiger partial charge in [-0.1, -0.05) is 5.16 Å². The van der Waals surface area contributed by atoms with Crippen LogP contribution in [-0.2, 0) is 24.2 Å². The largest absolute Gasteiger partial charge is 0.441 e. The van der Waals surface area contributed by atoms with E-state index >= 15 is 0 Å². The van der Waals surface area contributed by atoms with Crippen LogP contribution < -0.4 is 0 Å². The molecule has 7 nitrogen and oxygen atoms in total. The molecule has 4 heterocycles. The molecule has 0 radical (unpaired) electrons. The Morgan fingerprint density at radius 2 is 2.23 bits per heavy atom. The first-order valence-electron chi connectivity index (χ1n) is 8.70. The molecule has 134 valence electrons. The van der Waals surface area contributed by atoms with E-state index in [2.05, 4.69) is 15.1 Å². The maximum atomic E-state index is 12.6. The molecule has 0 saturated heterocycles. The van der Waals surface area contributed by atoms with Crippen molar-refractivity contribution in [3.63, 3.8) is 0 Å². The summed E-state index contributed by atoms with van der Waals surface area (Å²) in [6.07, 6.45) is 5.20. The lowest BCUT2D eigenvalue weighted by atomic mass is 10.1. The molecule has 0 aliphatic carbocycles. The summed E-state index contributed by atoms with van der Waals surface area (Å²) in [5.41, 5.74) is 3.56. The Bertz CT molecular complexity index is 910. The van der Waals surface area contributed by atoms with E-state index in [1.807, 2.05) is 30.9 Å². The second kappa shape index (κ2) is 6.74. The summed E-state index contributed by atoms with van der Waals surface area (Å²) in [7, 11) is 0. The van der Waals surface area contributed by atoms with Gasteiger partial charge in [0, 0.05) is 37.3 Å². The van der Waals surface area contributed by atoms with E-state index < -0.39 is 0 Å². The molecule has 1 aliphatic heterocycles. The molecule has 0 spiro atoms.